The fourth-order valence-electron chi connectivity index (χ4n) is 6.73. The number of aliphatic hydroxyl groups is 1. The Bertz CT molecular complexity index is 1110. The van der Waals surface area contributed by atoms with E-state index < -0.39 is 6.10 Å². The second-order valence-electron chi connectivity index (χ2n) is 16.2. The van der Waals surface area contributed by atoms with E-state index in [1.165, 1.54) is 116 Å². The first-order chi connectivity index (χ1) is 29.1. The Morgan fingerprint density at radius 2 is 0.729 bits per heavy atom. The first kappa shape index (κ1) is 56.1. The molecule has 5 nitrogen and oxygen atoms in total. The van der Waals surface area contributed by atoms with Crippen molar-refractivity contribution in [1.82, 2.24) is 0 Å². The van der Waals surface area contributed by atoms with Gasteiger partial charge in [-0.05, 0) is 89.9 Å². The molecule has 0 aliphatic heterocycles. The van der Waals surface area contributed by atoms with E-state index in [2.05, 4.69) is 98.9 Å². The van der Waals surface area contributed by atoms with Crippen LogP contribution in [0.1, 0.15) is 226 Å². The van der Waals surface area contributed by atoms with Crippen LogP contribution in [-0.4, -0.2) is 36.4 Å². The molecule has 1 atom stereocenters. The zero-order chi connectivity index (χ0) is 42.8. The third-order valence-electron chi connectivity index (χ3n) is 10.4. The number of ether oxygens (including phenoxy) is 2. The molecule has 0 aromatic carbocycles. The minimum absolute atomic E-state index is 0.0743. The van der Waals surface area contributed by atoms with E-state index in [9.17, 15) is 14.7 Å². The Balaban J connectivity index is 3.55. The molecule has 0 saturated carbocycles. The summed E-state index contributed by atoms with van der Waals surface area (Å²) in [5.41, 5.74) is 0. The monoisotopic (exact) mass is 821 g/mol. The number of esters is 2. The van der Waals surface area contributed by atoms with Crippen molar-refractivity contribution in [1.29, 1.82) is 0 Å². The van der Waals surface area contributed by atoms with Crippen LogP contribution in [0.25, 0.3) is 0 Å². The lowest BCUT2D eigenvalue weighted by Crippen LogP contribution is -2.28. The van der Waals surface area contributed by atoms with Gasteiger partial charge < -0.3 is 14.6 Å². The van der Waals surface area contributed by atoms with Crippen LogP contribution < -0.4 is 0 Å². The topological polar surface area (TPSA) is 72.8 Å². The normalized spacial score (nSPS) is 12.9. The number of rotatable bonds is 44. The first-order valence-corrected chi connectivity index (χ1v) is 24.6. The van der Waals surface area contributed by atoms with E-state index in [-0.39, 0.29) is 25.2 Å². The maximum atomic E-state index is 12.3. The third kappa shape index (κ3) is 47.6. The molecule has 0 fully saturated rings. The molecule has 0 spiro atoms. The standard InChI is InChI=1S/C54H92O5/c1-3-5-7-9-11-13-15-17-19-21-23-24-25-26-27-28-29-30-31-33-35-37-39-41-43-45-47-49-54(57)59-52(50-55)51-58-53(56)48-46-44-42-40-38-36-34-32-22-20-18-16-14-12-10-8-6-4-2/h5,7,11,13-14,16-17,19-20,22-24,26-27,52,55H,3-4,6,8-10,12,15,18,21,25,28-51H2,1-2H3/b7-5-,13-11-,16-14-,19-17-,22-20-,24-23-,27-26-. The molecule has 0 aromatic rings. The molecule has 59 heavy (non-hydrogen) atoms. The van der Waals surface area contributed by atoms with E-state index in [0.29, 0.717) is 12.8 Å². The maximum absolute atomic E-state index is 12.3. The molecule has 5 heteroatoms. The lowest BCUT2D eigenvalue weighted by Gasteiger charge is -2.15. The smallest absolute Gasteiger partial charge is 0.306 e. The van der Waals surface area contributed by atoms with Crippen molar-refractivity contribution in [3.05, 3.63) is 85.1 Å². The highest BCUT2D eigenvalue weighted by molar-refractivity contribution is 5.70. The molecule has 0 aromatic heterocycles. The van der Waals surface area contributed by atoms with Crippen molar-refractivity contribution in [3.8, 4) is 0 Å². The van der Waals surface area contributed by atoms with Crippen LogP contribution in [0.15, 0.2) is 85.1 Å². The summed E-state index contributed by atoms with van der Waals surface area (Å²) in [6.07, 6.45) is 68.1. The lowest BCUT2D eigenvalue weighted by molar-refractivity contribution is -0.161. The summed E-state index contributed by atoms with van der Waals surface area (Å²) in [7, 11) is 0. The molecular weight excluding hydrogens is 729 g/mol. The van der Waals surface area contributed by atoms with E-state index in [0.717, 1.165) is 83.5 Å². The summed E-state index contributed by atoms with van der Waals surface area (Å²) in [5.74, 6) is -0.604. The van der Waals surface area contributed by atoms with Crippen molar-refractivity contribution in [2.24, 2.45) is 0 Å². The highest BCUT2D eigenvalue weighted by Crippen LogP contribution is 2.14. The predicted molar refractivity (Wildman–Crippen MR) is 256 cm³/mol. The summed E-state index contributed by atoms with van der Waals surface area (Å²) in [4.78, 5) is 24.4. The van der Waals surface area contributed by atoms with Gasteiger partial charge in [-0.2, -0.15) is 0 Å². The van der Waals surface area contributed by atoms with Gasteiger partial charge in [0.25, 0.3) is 0 Å². The van der Waals surface area contributed by atoms with Gasteiger partial charge >= 0.3 is 11.9 Å². The van der Waals surface area contributed by atoms with Gasteiger partial charge in [-0.1, -0.05) is 208 Å². The zero-order valence-corrected chi connectivity index (χ0v) is 38.5. The van der Waals surface area contributed by atoms with E-state index in [1.807, 2.05) is 0 Å². The van der Waals surface area contributed by atoms with Crippen LogP contribution in [0.4, 0.5) is 0 Å². The fourth-order valence-corrected chi connectivity index (χ4v) is 6.73. The summed E-state index contributed by atoms with van der Waals surface area (Å²) in [5, 5.41) is 9.62. The van der Waals surface area contributed by atoms with Gasteiger partial charge in [0.15, 0.2) is 6.10 Å². The van der Waals surface area contributed by atoms with E-state index in [1.54, 1.807) is 0 Å². The second kappa shape index (κ2) is 49.4. The average Bonchev–Trinajstić information content (AvgIpc) is 3.24. The average molecular weight is 821 g/mol. The summed E-state index contributed by atoms with van der Waals surface area (Å²) < 4.78 is 10.7. The Morgan fingerprint density at radius 1 is 0.407 bits per heavy atom. The highest BCUT2D eigenvalue weighted by Gasteiger charge is 2.16. The SMILES string of the molecule is CC/C=C\C/C=C\C/C=C\C/C=C\C/C=C\CCCCCCCCCCCCCC(=O)OC(CO)COC(=O)CCCCCCCCC/C=C\C/C=C\CCCCCC. The van der Waals surface area contributed by atoms with E-state index >= 15 is 0 Å². The van der Waals surface area contributed by atoms with Crippen molar-refractivity contribution < 1.29 is 24.2 Å². The molecule has 0 bridgehead atoms. The molecule has 0 radical (unpaired) electrons. The van der Waals surface area contributed by atoms with Crippen LogP contribution in [0.5, 0.6) is 0 Å². The van der Waals surface area contributed by atoms with Crippen molar-refractivity contribution >= 4 is 11.9 Å². The number of carbonyl (C=O) groups is 2. The zero-order valence-electron chi connectivity index (χ0n) is 38.5. The Hall–Kier alpha value is -2.92. The summed E-state index contributed by atoms with van der Waals surface area (Å²) >= 11 is 0. The highest BCUT2D eigenvalue weighted by atomic mass is 16.6. The summed E-state index contributed by atoms with van der Waals surface area (Å²) in [6, 6.07) is 0. The number of unbranched alkanes of at least 4 members (excludes halogenated alkanes) is 22. The third-order valence-corrected chi connectivity index (χ3v) is 10.4. The largest absolute Gasteiger partial charge is 0.462 e. The Kier molecular flexibility index (Phi) is 47.0. The molecule has 1 unspecified atom stereocenters. The molecule has 0 heterocycles. The number of hydrogen-bond acceptors (Lipinski definition) is 5. The van der Waals surface area contributed by atoms with Crippen LogP contribution in [-0.2, 0) is 19.1 Å². The number of allylic oxidation sites excluding steroid dienone is 14. The maximum Gasteiger partial charge on any atom is 0.306 e. The number of hydrogen-bond donors (Lipinski definition) is 1. The molecular formula is C54H92O5. The van der Waals surface area contributed by atoms with Crippen molar-refractivity contribution in [3.63, 3.8) is 0 Å². The van der Waals surface area contributed by atoms with Crippen LogP contribution >= 0.6 is 0 Å². The lowest BCUT2D eigenvalue weighted by atomic mass is 10.0. The Morgan fingerprint density at radius 3 is 1.10 bits per heavy atom. The van der Waals surface area contributed by atoms with Gasteiger partial charge in [-0.25, -0.2) is 0 Å². The van der Waals surface area contributed by atoms with Crippen LogP contribution in [0.2, 0.25) is 0 Å². The molecule has 0 aliphatic rings. The Labute approximate surface area is 365 Å². The molecule has 0 aliphatic carbocycles. The van der Waals surface area contributed by atoms with Gasteiger partial charge in [0.1, 0.15) is 6.61 Å². The van der Waals surface area contributed by atoms with Gasteiger partial charge in [-0.15, -0.1) is 0 Å². The van der Waals surface area contributed by atoms with E-state index in [4.69, 9.17) is 9.47 Å². The molecule has 338 valence electrons. The fraction of sp³-hybridized carbons (Fsp3) is 0.704. The van der Waals surface area contributed by atoms with Crippen molar-refractivity contribution in [2.75, 3.05) is 13.2 Å². The molecule has 0 saturated heterocycles. The molecule has 0 amide bonds. The minimum atomic E-state index is -0.781. The van der Waals surface area contributed by atoms with Gasteiger partial charge in [-0.3, -0.25) is 9.59 Å². The number of carbonyl (C=O) groups excluding carboxylic acids is 2. The minimum Gasteiger partial charge on any atom is -0.462 e. The van der Waals surface area contributed by atoms with Crippen LogP contribution in [0, 0.1) is 0 Å². The second-order valence-corrected chi connectivity index (χ2v) is 16.2. The molecule has 0 rings (SSSR count). The van der Waals surface area contributed by atoms with Gasteiger partial charge in [0, 0.05) is 12.8 Å². The van der Waals surface area contributed by atoms with Crippen LogP contribution in [0.3, 0.4) is 0 Å². The predicted octanol–water partition coefficient (Wildman–Crippen LogP) is 16.2. The van der Waals surface area contributed by atoms with Gasteiger partial charge in [0.05, 0.1) is 6.61 Å². The summed E-state index contributed by atoms with van der Waals surface area (Å²) in [6.45, 7) is 4.01. The molecule has 1 N–H and O–H groups in total. The van der Waals surface area contributed by atoms with Crippen molar-refractivity contribution in [2.45, 2.75) is 232 Å². The number of aliphatic hydroxyl groups excluding tert-OH is 1. The quantitative estimate of drug-likeness (QED) is 0.0376. The van der Waals surface area contributed by atoms with Gasteiger partial charge in [0.2, 0.25) is 0 Å². The first-order valence-electron chi connectivity index (χ1n) is 24.6.